The zero-order valence-electron chi connectivity index (χ0n) is 8.31. The molecule has 0 aliphatic rings. The monoisotopic (exact) mass is 198 g/mol. The molecule has 0 fully saturated rings. The molecule has 0 saturated carbocycles. The van der Waals surface area contributed by atoms with Crippen molar-refractivity contribution in [2.24, 2.45) is 0 Å². The SMILES string of the molecule is Cc1nn(-c2ccc(N)cc2)cc1C#N. The second-order valence-electron chi connectivity index (χ2n) is 3.28. The summed E-state index contributed by atoms with van der Waals surface area (Å²) in [6.07, 6.45) is 1.71. The predicted octanol–water partition coefficient (Wildman–Crippen LogP) is 1.63. The number of anilines is 1. The van der Waals surface area contributed by atoms with E-state index in [1.54, 1.807) is 23.0 Å². The summed E-state index contributed by atoms with van der Waals surface area (Å²) in [4.78, 5) is 0. The summed E-state index contributed by atoms with van der Waals surface area (Å²) in [5.41, 5.74) is 8.51. The Morgan fingerprint density at radius 3 is 2.53 bits per heavy atom. The van der Waals surface area contributed by atoms with E-state index in [0.717, 1.165) is 11.4 Å². The Bertz CT molecular complexity index is 517. The lowest BCUT2D eigenvalue weighted by Crippen LogP contribution is -1.95. The van der Waals surface area contributed by atoms with E-state index in [1.807, 2.05) is 19.1 Å². The lowest BCUT2D eigenvalue weighted by Gasteiger charge is -2.00. The van der Waals surface area contributed by atoms with Crippen molar-refractivity contribution in [2.75, 3.05) is 5.73 Å². The molecule has 15 heavy (non-hydrogen) atoms. The average Bonchev–Trinajstić information content (AvgIpc) is 2.61. The Labute approximate surface area is 87.6 Å². The molecule has 0 saturated heterocycles. The molecular formula is C11H10N4. The van der Waals surface area contributed by atoms with Crippen LogP contribution < -0.4 is 5.73 Å². The molecule has 0 bridgehead atoms. The predicted molar refractivity (Wildman–Crippen MR) is 57.4 cm³/mol. The van der Waals surface area contributed by atoms with E-state index >= 15 is 0 Å². The van der Waals surface area contributed by atoms with Crippen molar-refractivity contribution in [2.45, 2.75) is 6.92 Å². The van der Waals surface area contributed by atoms with Gasteiger partial charge in [0, 0.05) is 11.9 Å². The number of aryl methyl sites for hydroxylation is 1. The van der Waals surface area contributed by atoms with E-state index in [-0.39, 0.29) is 0 Å². The highest BCUT2D eigenvalue weighted by Crippen LogP contribution is 2.12. The molecule has 0 amide bonds. The van der Waals surface area contributed by atoms with Crippen LogP contribution in [0.25, 0.3) is 5.69 Å². The highest BCUT2D eigenvalue weighted by Gasteiger charge is 2.04. The van der Waals surface area contributed by atoms with E-state index in [2.05, 4.69) is 11.2 Å². The van der Waals surface area contributed by atoms with Crippen molar-refractivity contribution >= 4 is 5.69 Å². The first kappa shape index (κ1) is 9.28. The van der Waals surface area contributed by atoms with Gasteiger partial charge in [-0.05, 0) is 31.2 Å². The third-order valence-electron chi connectivity index (χ3n) is 2.18. The number of hydrogen-bond donors (Lipinski definition) is 1. The van der Waals surface area contributed by atoms with Crippen LogP contribution in [0.15, 0.2) is 30.5 Å². The van der Waals surface area contributed by atoms with Crippen LogP contribution in [0, 0.1) is 18.3 Å². The number of nitrogens with zero attached hydrogens (tertiary/aromatic N) is 3. The van der Waals surface area contributed by atoms with Crippen LogP contribution in [0.2, 0.25) is 0 Å². The fourth-order valence-electron chi connectivity index (χ4n) is 1.33. The Hall–Kier alpha value is -2.28. The van der Waals surface area contributed by atoms with E-state index < -0.39 is 0 Å². The van der Waals surface area contributed by atoms with Crippen LogP contribution in [-0.2, 0) is 0 Å². The van der Waals surface area contributed by atoms with Crippen molar-refractivity contribution in [3.63, 3.8) is 0 Å². The third-order valence-corrected chi connectivity index (χ3v) is 2.18. The third kappa shape index (κ3) is 1.67. The molecule has 1 aromatic carbocycles. The van der Waals surface area contributed by atoms with Gasteiger partial charge >= 0.3 is 0 Å². The van der Waals surface area contributed by atoms with Crippen molar-refractivity contribution in [1.29, 1.82) is 5.26 Å². The first-order valence-corrected chi connectivity index (χ1v) is 4.53. The minimum atomic E-state index is 0.590. The van der Waals surface area contributed by atoms with Gasteiger partial charge in [0.15, 0.2) is 0 Å². The first-order chi connectivity index (χ1) is 7.20. The van der Waals surface area contributed by atoms with Crippen LogP contribution in [0.4, 0.5) is 5.69 Å². The van der Waals surface area contributed by atoms with E-state index in [9.17, 15) is 0 Å². The fourth-order valence-corrected chi connectivity index (χ4v) is 1.33. The molecule has 0 atom stereocenters. The van der Waals surface area contributed by atoms with E-state index in [1.165, 1.54) is 0 Å². The molecule has 0 aliphatic carbocycles. The van der Waals surface area contributed by atoms with Crippen molar-refractivity contribution < 1.29 is 0 Å². The summed E-state index contributed by atoms with van der Waals surface area (Å²) in [7, 11) is 0. The summed E-state index contributed by atoms with van der Waals surface area (Å²) in [5.74, 6) is 0. The number of rotatable bonds is 1. The number of aromatic nitrogens is 2. The molecule has 1 aromatic heterocycles. The Morgan fingerprint density at radius 2 is 2.00 bits per heavy atom. The van der Waals surface area contributed by atoms with Crippen LogP contribution in [0.3, 0.4) is 0 Å². The van der Waals surface area contributed by atoms with Gasteiger partial charge in [-0.3, -0.25) is 0 Å². The average molecular weight is 198 g/mol. The molecule has 74 valence electrons. The number of benzene rings is 1. The van der Waals surface area contributed by atoms with Gasteiger partial charge in [-0.25, -0.2) is 4.68 Å². The molecule has 0 aliphatic heterocycles. The van der Waals surface area contributed by atoms with Gasteiger partial charge in [-0.1, -0.05) is 0 Å². The first-order valence-electron chi connectivity index (χ1n) is 4.53. The Balaban J connectivity index is 2.46. The lowest BCUT2D eigenvalue weighted by molar-refractivity contribution is 0.863. The van der Waals surface area contributed by atoms with Crippen molar-refractivity contribution in [3.05, 3.63) is 41.7 Å². The molecular weight excluding hydrogens is 188 g/mol. The summed E-state index contributed by atoms with van der Waals surface area (Å²) in [6, 6.07) is 9.42. The quantitative estimate of drug-likeness (QED) is 0.708. The maximum Gasteiger partial charge on any atom is 0.103 e. The number of hydrogen-bond acceptors (Lipinski definition) is 3. The largest absolute Gasteiger partial charge is 0.399 e. The number of nitrogen functional groups attached to an aromatic ring is 1. The molecule has 2 aromatic rings. The Morgan fingerprint density at radius 1 is 1.33 bits per heavy atom. The molecule has 0 spiro atoms. The fraction of sp³-hybridized carbons (Fsp3) is 0.0909. The maximum atomic E-state index is 8.80. The molecule has 4 heteroatoms. The second kappa shape index (κ2) is 3.46. The minimum absolute atomic E-state index is 0.590. The molecule has 1 heterocycles. The van der Waals surface area contributed by atoms with Gasteiger partial charge in [0.2, 0.25) is 0 Å². The summed E-state index contributed by atoms with van der Waals surface area (Å²) in [5, 5.41) is 13.0. The van der Waals surface area contributed by atoms with Crippen LogP contribution in [0.5, 0.6) is 0 Å². The lowest BCUT2D eigenvalue weighted by atomic mass is 10.3. The van der Waals surface area contributed by atoms with Crippen LogP contribution in [-0.4, -0.2) is 9.78 Å². The summed E-state index contributed by atoms with van der Waals surface area (Å²) >= 11 is 0. The smallest absolute Gasteiger partial charge is 0.103 e. The van der Waals surface area contributed by atoms with Gasteiger partial charge in [-0.2, -0.15) is 10.4 Å². The van der Waals surface area contributed by atoms with Gasteiger partial charge in [-0.15, -0.1) is 0 Å². The molecule has 0 unspecified atom stereocenters. The summed E-state index contributed by atoms with van der Waals surface area (Å²) < 4.78 is 1.67. The van der Waals surface area contributed by atoms with Gasteiger partial charge in [0.05, 0.1) is 16.9 Å². The topological polar surface area (TPSA) is 67.6 Å². The van der Waals surface area contributed by atoms with Gasteiger partial charge in [0.25, 0.3) is 0 Å². The van der Waals surface area contributed by atoms with Crippen LogP contribution >= 0.6 is 0 Å². The van der Waals surface area contributed by atoms with E-state index in [4.69, 9.17) is 11.0 Å². The zero-order chi connectivity index (χ0) is 10.8. The summed E-state index contributed by atoms with van der Waals surface area (Å²) in [6.45, 7) is 1.81. The second-order valence-corrected chi connectivity index (χ2v) is 3.28. The molecule has 2 rings (SSSR count). The number of nitriles is 1. The van der Waals surface area contributed by atoms with Crippen molar-refractivity contribution in [1.82, 2.24) is 9.78 Å². The highest BCUT2D eigenvalue weighted by atomic mass is 15.3. The molecule has 4 nitrogen and oxygen atoms in total. The standard InChI is InChI=1S/C11H10N4/c1-8-9(6-12)7-15(14-8)11-4-2-10(13)3-5-11/h2-5,7H,13H2,1H3. The number of nitrogens with two attached hydrogens (primary N) is 1. The van der Waals surface area contributed by atoms with Gasteiger partial charge < -0.3 is 5.73 Å². The normalized spacial score (nSPS) is 9.87. The minimum Gasteiger partial charge on any atom is -0.399 e. The van der Waals surface area contributed by atoms with E-state index in [0.29, 0.717) is 11.3 Å². The maximum absolute atomic E-state index is 8.80. The van der Waals surface area contributed by atoms with Gasteiger partial charge in [0.1, 0.15) is 6.07 Å². The Kier molecular flexibility index (Phi) is 2.14. The highest BCUT2D eigenvalue weighted by molar-refractivity contribution is 5.45. The van der Waals surface area contributed by atoms with Crippen LogP contribution in [0.1, 0.15) is 11.3 Å². The zero-order valence-corrected chi connectivity index (χ0v) is 8.31. The van der Waals surface area contributed by atoms with Crippen molar-refractivity contribution in [3.8, 4) is 11.8 Å². The molecule has 0 radical (unpaired) electrons. The molecule has 2 N–H and O–H groups in total.